The van der Waals surface area contributed by atoms with Crippen LogP contribution in [0.3, 0.4) is 0 Å². The molecule has 1 saturated heterocycles. The lowest BCUT2D eigenvalue weighted by molar-refractivity contribution is -0.117. The molecule has 2 aromatic rings. The molecule has 0 aromatic heterocycles. The molecule has 0 atom stereocenters. The van der Waals surface area contributed by atoms with Gasteiger partial charge < -0.3 is 15.0 Å². The molecule has 1 N–H and O–H groups in total. The molecule has 1 fully saturated rings. The van der Waals surface area contributed by atoms with Crippen LogP contribution in [0.2, 0.25) is 10.0 Å². The highest BCUT2D eigenvalue weighted by molar-refractivity contribution is 6.35. The maximum atomic E-state index is 12.3. The van der Waals surface area contributed by atoms with E-state index in [-0.39, 0.29) is 12.5 Å². The van der Waals surface area contributed by atoms with E-state index in [1.54, 1.807) is 18.2 Å². The zero-order valence-corrected chi connectivity index (χ0v) is 16.8. The summed E-state index contributed by atoms with van der Waals surface area (Å²) in [6, 6.07) is 13.3. The number of halogens is 2. The third-order valence-electron chi connectivity index (χ3n) is 4.43. The second kappa shape index (κ2) is 9.42. The van der Waals surface area contributed by atoms with Gasteiger partial charge in [-0.2, -0.15) is 0 Å². The van der Waals surface area contributed by atoms with E-state index in [2.05, 4.69) is 10.2 Å². The van der Waals surface area contributed by atoms with Crippen LogP contribution in [0.5, 0.6) is 0 Å². The molecule has 5 nitrogen and oxygen atoms in total. The summed E-state index contributed by atoms with van der Waals surface area (Å²) in [4.78, 5) is 16.5. The normalized spacial score (nSPS) is 14.4. The van der Waals surface area contributed by atoms with E-state index in [0.29, 0.717) is 16.6 Å². The lowest BCUT2D eigenvalue weighted by Gasteiger charge is -2.28. The Balaban J connectivity index is 1.52. The van der Waals surface area contributed by atoms with Crippen molar-refractivity contribution in [1.29, 1.82) is 0 Å². The zero-order valence-electron chi connectivity index (χ0n) is 15.3. The summed E-state index contributed by atoms with van der Waals surface area (Å²) in [6.07, 6.45) is 0. The number of nitrogens with zero attached hydrogens (tertiary/aromatic N) is 2. The number of rotatable bonds is 6. The summed E-state index contributed by atoms with van der Waals surface area (Å²) in [5, 5.41) is 4.14. The molecule has 2 aromatic carbocycles. The van der Waals surface area contributed by atoms with Gasteiger partial charge in [-0.1, -0.05) is 29.3 Å². The molecular weight excluding hydrogens is 385 g/mol. The predicted molar refractivity (Wildman–Crippen MR) is 111 cm³/mol. The van der Waals surface area contributed by atoms with Gasteiger partial charge in [0.05, 0.1) is 19.8 Å². The molecular formula is C20H23Cl2N3O2. The lowest BCUT2D eigenvalue weighted by Crippen LogP contribution is -2.36. The van der Waals surface area contributed by atoms with Crippen molar-refractivity contribution in [2.45, 2.75) is 6.54 Å². The number of benzene rings is 2. The number of hydrogen-bond acceptors (Lipinski definition) is 4. The quantitative estimate of drug-likeness (QED) is 0.788. The van der Waals surface area contributed by atoms with Crippen LogP contribution in [0.15, 0.2) is 42.5 Å². The minimum Gasteiger partial charge on any atom is -0.378 e. The Morgan fingerprint density at radius 2 is 1.74 bits per heavy atom. The van der Waals surface area contributed by atoms with Crippen LogP contribution >= 0.6 is 23.2 Å². The van der Waals surface area contributed by atoms with E-state index in [4.69, 9.17) is 27.9 Å². The van der Waals surface area contributed by atoms with Crippen molar-refractivity contribution in [3.05, 3.63) is 58.1 Å². The molecule has 7 heteroatoms. The van der Waals surface area contributed by atoms with E-state index in [0.717, 1.165) is 43.2 Å². The SMILES string of the molecule is CN(CC(=O)Nc1ccc(N2CCOCC2)cc1)Cc1c(Cl)cccc1Cl. The highest BCUT2D eigenvalue weighted by atomic mass is 35.5. The van der Waals surface area contributed by atoms with Crippen LogP contribution in [0, 0.1) is 0 Å². The number of likely N-dealkylation sites (N-methyl/N-ethyl adjacent to an activating group) is 1. The Labute approximate surface area is 169 Å². The molecule has 3 rings (SSSR count). The highest BCUT2D eigenvalue weighted by Crippen LogP contribution is 2.25. The first-order chi connectivity index (χ1) is 13.0. The molecule has 0 bridgehead atoms. The minimum atomic E-state index is -0.0835. The Morgan fingerprint density at radius 1 is 1.11 bits per heavy atom. The van der Waals surface area contributed by atoms with Crippen LogP contribution < -0.4 is 10.2 Å². The maximum absolute atomic E-state index is 12.3. The Bertz CT molecular complexity index is 757. The maximum Gasteiger partial charge on any atom is 0.238 e. The first kappa shape index (κ1) is 20.0. The molecule has 0 radical (unpaired) electrons. The van der Waals surface area contributed by atoms with Crippen molar-refractivity contribution >= 4 is 40.5 Å². The van der Waals surface area contributed by atoms with Gasteiger partial charge in [0, 0.05) is 46.6 Å². The first-order valence-corrected chi connectivity index (χ1v) is 9.62. The fraction of sp³-hybridized carbons (Fsp3) is 0.350. The van der Waals surface area contributed by atoms with Gasteiger partial charge in [-0.15, -0.1) is 0 Å². The summed E-state index contributed by atoms with van der Waals surface area (Å²) < 4.78 is 5.37. The van der Waals surface area contributed by atoms with Crippen molar-refractivity contribution in [2.24, 2.45) is 0 Å². The molecule has 1 aliphatic heterocycles. The molecule has 1 amide bonds. The Hall–Kier alpha value is -1.79. The van der Waals surface area contributed by atoms with Crippen molar-refractivity contribution < 1.29 is 9.53 Å². The monoisotopic (exact) mass is 407 g/mol. The van der Waals surface area contributed by atoms with Gasteiger partial charge in [-0.25, -0.2) is 0 Å². The summed E-state index contributed by atoms with van der Waals surface area (Å²) in [5.74, 6) is -0.0835. The van der Waals surface area contributed by atoms with Gasteiger partial charge in [0.1, 0.15) is 0 Å². The molecule has 1 aliphatic rings. The Morgan fingerprint density at radius 3 is 2.37 bits per heavy atom. The number of carbonyl (C=O) groups is 1. The molecule has 0 unspecified atom stereocenters. The van der Waals surface area contributed by atoms with Gasteiger partial charge in [0.25, 0.3) is 0 Å². The number of ether oxygens (including phenoxy) is 1. The fourth-order valence-electron chi connectivity index (χ4n) is 3.03. The largest absolute Gasteiger partial charge is 0.378 e. The average Bonchev–Trinajstić information content (AvgIpc) is 2.66. The summed E-state index contributed by atoms with van der Waals surface area (Å²) in [7, 11) is 1.86. The standard InChI is InChI=1S/C20H23Cl2N3O2/c1-24(13-17-18(21)3-2-4-19(17)22)14-20(26)23-15-5-7-16(8-6-15)25-9-11-27-12-10-25/h2-8H,9-14H2,1H3,(H,23,26). The van der Waals surface area contributed by atoms with Crippen molar-refractivity contribution in [3.8, 4) is 0 Å². The lowest BCUT2D eigenvalue weighted by atomic mass is 10.2. The zero-order chi connectivity index (χ0) is 19.2. The molecule has 27 heavy (non-hydrogen) atoms. The van der Waals surface area contributed by atoms with E-state index in [1.807, 2.05) is 36.2 Å². The molecule has 0 aliphatic carbocycles. The second-order valence-corrected chi connectivity index (χ2v) is 7.38. The van der Waals surface area contributed by atoms with Crippen molar-refractivity contribution in [2.75, 3.05) is 50.1 Å². The van der Waals surface area contributed by atoms with Gasteiger partial charge in [-0.3, -0.25) is 9.69 Å². The number of nitrogens with one attached hydrogen (secondary N) is 1. The first-order valence-electron chi connectivity index (χ1n) is 8.87. The molecule has 1 heterocycles. The Kier molecular flexibility index (Phi) is 6.96. The number of carbonyl (C=O) groups excluding carboxylic acids is 1. The van der Waals surface area contributed by atoms with Crippen LogP contribution in [0.1, 0.15) is 5.56 Å². The van der Waals surface area contributed by atoms with Gasteiger partial charge in [0.15, 0.2) is 0 Å². The molecule has 0 spiro atoms. The number of hydrogen-bond donors (Lipinski definition) is 1. The van der Waals surface area contributed by atoms with Gasteiger partial charge in [-0.05, 0) is 43.4 Å². The van der Waals surface area contributed by atoms with Crippen LogP contribution in [-0.2, 0) is 16.1 Å². The van der Waals surface area contributed by atoms with Gasteiger partial charge in [0.2, 0.25) is 5.91 Å². The van der Waals surface area contributed by atoms with Crippen LogP contribution in [0.25, 0.3) is 0 Å². The third kappa shape index (κ3) is 5.59. The van der Waals surface area contributed by atoms with E-state index in [9.17, 15) is 4.79 Å². The second-order valence-electron chi connectivity index (χ2n) is 6.57. The smallest absolute Gasteiger partial charge is 0.238 e. The van der Waals surface area contributed by atoms with E-state index < -0.39 is 0 Å². The predicted octanol–water partition coefficient (Wildman–Crippen LogP) is 3.90. The fourth-order valence-corrected chi connectivity index (χ4v) is 3.55. The number of anilines is 2. The van der Waals surface area contributed by atoms with E-state index in [1.165, 1.54) is 0 Å². The topological polar surface area (TPSA) is 44.8 Å². The molecule has 144 valence electrons. The van der Waals surface area contributed by atoms with Crippen LogP contribution in [0.4, 0.5) is 11.4 Å². The average molecular weight is 408 g/mol. The van der Waals surface area contributed by atoms with Crippen LogP contribution in [-0.4, -0.2) is 50.7 Å². The van der Waals surface area contributed by atoms with Crippen molar-refractivity contribution in [3.63, 3.8) is 0 Å². The van der Waals surface area contributed by atoms with Gasteiger partial charge >= 0.3 is 0 Å². The minimum absolute atomic E-state index is 0.0835. The summed E-state index contributed by atoms with van der Waals surface area (Å²) >= 11 is 12.4. The van der Waals surface area contributed by atoms with Crippen molar-refractivity contribution in [1.82, 2.24) is 4.90 Å². The summed E-state index contributed by atoms with van der Waals surface area (Å²) in [5.41, 5.74) is 2.74. The number of morpholine rings is 1. The number of amides is 1. The molecule has 0 saturated carbocycles. The third-order valence-corrected chi connectivity index (χ3v) is 5.14. The van der Waals surface area contributed by atoms with E-state index >= 15 is 0 Å². The summed E-state index contributed by atoms with van der Waals surface area (Å²) in [6.45, 7) is 4.03. The highest BCUT2D eigenvalue weighted by Gasteiger charge is 2.13.